The van der Waals surface area contributed by atoms with Gasteiger partial charge in [0.25, 0.3) is 0 Å². The van der Waals surface area contributed by atoms with E-state index in [0.717, 1.165) is 22.4 Å². The zero-order valence-corrected chi connectivity index (χ0v) is 14.9. The Morgan fingerprint density at radius 2 is 1.78 bits per heavy atom. The number of carbonyl (C=O) groups excluding carboxylic acids is 1. The largest absolute Gasteiger partial charge is 0.478 e. The maximum Gasteiger partial charge on any atom is 0.336 e. The number of benzene rings is 2. The first-order valence-corrected chi connectivity index (χ1v) is 8.85. The number of allylic oxidation sites excluding steroid dienone is 2. The van der Waals surface area contributed by atoms with Crippen LogP contribution >= 0.6 is 0 Å². The predicted molar refractivity (Wildman–Crippen MR) is 107 cm³/mol. The Balaban J connectivity index is 1.84. The minimum absolute atomic E-state index is 0.00848. The molecule has 1 aliphatic heterocycles. The normalized spacial score (nSPS) is 18.6. The molecule has 2 aromatic carbocycles. The van der Waals surface area contributed by atoms with E-state index >= 15 is 0 Å². The Hall–Kier alpha value is -3.40. The van der Waals surface area contributed by atoms with Gasteiger partial charge in [-0.25, -0.2) is 4.79 Å². The quantitative estimate of drug-likeness (QED) is 0.894. The predicted octanol–water partition coefficient (Wildman–Crippen LogP) is 4.20. The summed E-state index contributed by atoms with van der Waals surface area (Å²) >= 11 is 0. The molecule has 4 nitrogen and oxygen atoms in total. The van der Waals surface area contributed by atoms with Gasteiger partial charge in [0, 0.05) is 12.2 Å². The van der Waals surface area contributed by atoms with Gasteiger partial charge in [0.15, 0.2) is 5.78 Å². The highest BCUT2D eigenvalue weighted by molar-refractivity contribution is 6.07. The summed E-state index contributed by atoms with van der Waals surface area (Å²) in [5.41, 5.74) is 4.62. The molecule has 0 radical (unpaired) electrons. The number of hydrogen-bond acceptors (Lipinski definition) is 3. The fourth-order valence-electron chi connectivity index (χ4n) is 3.87. The van der Waals surface area contributed by atoms with Crippen molar-refractivity contribution in [2.45, 2.75) is 13.0 Å². The molecular formula is C23H19NO3. The minimum Gasteiger partial charge on any atom is -0.478 e. The van der Waals surface area contributed by atoms with E-state index in [2.05, 4.69) is 11.0 Å². The third kappa shape index (κ3) is 2.89. The molecule has 1 heterocycles. The maximum absolute atomic E-state index is 12.8. The Labute approximate surface area is 157 Å². The summed E-state index contributed by atoms with van der Waals surface area (Å²) in [5, 5.41) is 9.55. The second kappa shape index (κ2) is 6.72. The van der Waals surface area contributed by atoms with Crippen LogP contribution in [0.25, 0.3) is 11.6 Å². The number of rotatable bonds is 3. The van der Waals surface area contributed by atoms with Crippen LogP contribution in [0.3, 0.4) is 0 Å². The van der Waals surface area contributed by atoms with Gasteiger partial charge in [0.2, 0.25) is 0 Å². The summed E-state index contributed by atoms with van der Waals surface area (Å²) in [4.78, 5) is 26.5. The van der Waals surface area contributed by atoms with Crippen LogP contribution in [0.15, 0.2) is 72.3 Å². The van der Waals surface area contributed by atoms with E-state index in [1.807, 2.05) is 43.3 Å². The molecule has 0 amide bonds. The van der Waals surface area contributed by atoms with E-state index in [9.17, 15) is 14.7 Å². The number of para-hydroxylation sites is 1. The number of anilines is 1. The van der Waals surface area contributed by atoms with Crippen LogP contribution in [0.2, 0.25) is 0 Å². The molecule has 2 aliphatic rings. The summed E-state index contributed by atoms with van der Waals surface area (Å²) in [5.74, 6) is -0.965. The summed E-state index contributed by atoms with van der Waals surface area (Å²) in [7, 11) is 0. The number of carbonyl (C=O) groups is 2. The lowest BCUT2D eigenvalue weighted by Crippen LogP contribution is -2.44. The Bertz CT molecular complexity index is 1030. The molecule has 4 heteroatoms. The number of nitrogens with zero attached hydrogens (tertiary/aromatic N) is 1. The molecule has 0 fully saturated rings. The van der Waals surface area contributed by atoms with Crippen LogP contribution in [-0.4, -0.2) is 29.4 Å². The Morgan fingerprint density at radius 3 is 2.59 bits per heavy atom. The average molecular weight is 357 g/mol. The topological polar surface area (TPSA) is 57.6 Å². The lowest BCUT2D eigenvalue weighted by molar-refractivity contribution is -0.115. The van der Waals surface area contributed by atoms with Gasteiger partial charge in [-0.3, -0.25) is 4.79 Å². The number of carboxylic acids is 1. The van der Waals surface area contributed by atoms with Crippen molar-refractivity contribution in [1.82, 2.24) is 0 Å². The first-order chi connectivity index (χ1) is 13.1. The Morgan fingerprint density at radius 1 is 1.04 bits per heavy atom. The van der Waals surface area contributed by atoms with Crippen molar-refractivity contribution in [2.75, 3.05) is 11.4 Å². The third-order valence-corrected chi connectivity index (χ3v) is 5.12. The second-order valence-corrected chi connectivity index (χ2v) is 6.70. The van der Waals surface area contributed by atoms with Crippen molar-refractivity contribution < 1.29 is 14.7 Å². The van der Waals surface area contributed by atoms with E-state index in [1.54, 1.807) is 30.4 Å². The van der Waals surface area contributed by atoms with E-state index in [0.29, 0.717) is 12.1 Å². The lowest BCUT2D eigenvalue weighted by atomic mass is 9.85. The number of hydrogen-bond donors (Lipinski definition) is 1. The van der Waals surface area contributed by atoms with Crippen LogP contribution in [0.1, 0.15) is 28.4 Å². The molecule has 4 rings (SSSR count). The molecule has 2 aromatic rings. The Kier molecular flexibility index (Phi) is 4.24. The van der Waals surface area contributed by atoms with Gasteiger partial charge in [0.1, 0.15) is 6.04 Å². The molecule has 1 N–H and O–H groups in total. The van der Waals surface area contributed by atoms with E-state index < -0.39 is 12.0 Å². The van der Waals surface area contributed by atoms with E-state index in [4.69, 9.17) is 0 Å². The zero-order chi connectivity index (χ0) is 19.0. The average Bonchev–Trinajstić information content (AvgIpc) is 2.68. The van der Waals surface area contributed by atoms with Crippen LogP contribution in [-0.2, 0) is 4.79 Å². The second-order valence-electron chi connectivity index (χ2n) is 6.70. The van der Waals surface area contributed by atoms with Gasteiger partial charge in [-0.05, 0) is 47.4 Å². The smallest absolute Gasteiger partial charge is 0.336 e. The third-order valence-electron chi connectivity index (χ3n) is 5.12. The number of ketones is 1. The fraction of sp³-hybridized carbons (Fsp3) is 0.130. The molecule has 1 unspecified atom stereocenters. The van der Waals surface area contributed by atoms with Gasteiger partial charge < -0.3 is 10.0 Å². The molecule has 0 saturated carbocycles. The maximum atomic E-state index is 12.8. The van der Waals surface area contributed by atoms with Crippen molar-refractivity contribution in [3.8, 4) is 0 Å². The lowest BCUT2D eigenvalue weighted by Gasteiger charge is -2.37. The monoisotopic (exact) mass is 357 g/mol. The zero-order valence-electron chi connectivity index (χ0n) is 14.9. The van der Waals surface area contributed by atoms with Crippen molar-refractivity contribution >= 4 is 29.1 Å². The van der Waals surface area contributed by atoms with Gasteiger partial charge in [-0.15, -0.1) is 0 Å². The molecule has 1 aliphatic carbocycles. The SMILES string of the molecule is CC1=C(c2ccccc2C(=O)O)C=CC(=O)C1N1CC=Cc2ccccc21. The van der Waals surface area contributed by atoms with Gasteiger partial charge in [0.05, 0.1) is 5.56 Å². The number of fused-ring (bicyclic) bond motifs is 1. The van der Waals surface area contributed by atoms with Crippen molar-refractivity contribution in [1.29, 1.82) is 0 Å². The summed E-state index contributed by atoms with van der Waals surface area (Å²) < 4.78 is 0. The number of aromatic carboxylic acids is 1. The summed E-state index contributed by atoms with van der Waals surface area (Å²) in [6, 6.07) is 14.5. The highest BCUT2D eigenvalue weighted by Crippen LogP contribution is 2.35. The van der Waals surface area contributed by atoms with Gasteiger partial charge >= 0.3 is 5.97 Å². The first-order valence-electron chi connectivity index (χ1n) is 8.85. The van der Waals surface area contributed by atoms with Crippen molar-refractivity contribution in [3.05, 3.63) is 89.0 Å². The van der Waals surface area contributed by atoms with Crippen LogP contribution in [0, 0.1) is 0 Å². The van der Waals surface area contributed by atoms with Gasteiger partial charge in [-0.2, -0.15) is 0 Å². The fourth-order valence-corrected chi connectivity index (χ4v) is 3.87. The molecule has 27 heavy (non-hydrogen) atoms. The first kappa shape index (κ1) is 17.0. The summed E-state index contributed by atoms with van der Waals surface area (Å²) in [6.45, 7) is 2.55. The minimum atomic E-state index is -0.973. The molecular weight excluding hydrogens is 338 g/mol. The highest BCUT2D eigenvalue weighted by atomic mass is 16.4. The molecule has 0 saturated heterocycles. The molecule has 1 atom stereocenters. The molecule has 0 bridgehead atoms. The molecule has 0 spiro atoms. The molecule has 134 valence electrons. The van der Waals surface area contributed by atoms with Crippen LogP contribution < -0.4 is 4.90 Å². The number of carboxylic acid groups (broad SMARTS) is 1. The van der Waals surface area contributed by atoms with Crippen molar-refractivity contribution in [3.63, 3.8) is 0 Å². The van der Waals surface area contributed by atoms with E-state index in [-0.39, 0.29) is 11.3 Å². The van der Waals surface area contributed by atoms with E-state index in [1.165, 1.54) is 0 Å². The highest BCUT2D eigenvalue weighted by Gasteiger charge is 2.32. The summed E-state index contributed by atoms with van der Waals surface area (Å²) in [6.07, 6.45) is 7.41. The van der Waals surface area contributed by atoms with Crippen molar-refractivity contribution in [2.24, 2.45) is 0 Å². The standard InChI is InChI=1S/C23H19NO3/c1-15-17(18-9-3-4-10-19(18)23(26)27)12-13-21(25)22(15)24-14-6-8-16-7-2-5-11-20(16)24/h2-13,22H,14H2,1H3,(H,26,27). The van der Waals surface area contributed by atoms with Crippen LogP contribution in [0.5, 0.6) is 0 Å². The van der Waals surface area contributed by atoms with Crippen LogP contribution in [0.4, 0.5) is 5.69 Å². The van der Waals surface area contributed by atoms with Gasteiger partial charge in [-0.1, -0.05) is 54.6 Å². The molecule has 0 aromatic heterocycles.